The number of aliphatic hydroxyl groups excluding tert-OH is 1. The number of likely N-dealkylation sites (N-methyl/N-ethyl adjacent to an activating group) is 1. The number of benzene rings is 1. The van der Waals surface area contributed by atoms with E-state index in [4.69, 9.17) is 9.73 Å². The zero-order valence-electron chi connectivity index (χ0n) is 11.4. The van der Waals surface area contributed by atoms with Crippen molar-refractivity contribution in [3.8, 4) is 11.4 Å². The maximum atomic E-state index is 10.9. The van der Waals surface area contributed by atoms with Gasteiger partial charge >= 0.3 is 0 Å². The number of likely N-dealkylation sites (tertiary alicyclic amines) is 1. The largest absolute Gasteiger partial charge is 0.733 e. The van der Waals surface area contributed by atoms with Gasteiger partial charge in [-0.3, -0.25) is 10.1 Å². The summed E-state index contributed by atoms with van der Waals surface area (Å²) in [4.78, 5) is 6.26. The van der Waals surface area contributed by atoms with Crippen molar-refractivity contribution in [2.45, 2.75) is 18.6 Å². The van der Waals surface area contributed by atoms with Gasteiger partial charge in [0.05, 0.1) is 17.8 Å². The molecule has 0 bridgehead atoms. The van der Waals surface area contributed by atoms with E-state index in [1.807, 2.05) is 11.9 Å². The standard InChI is InChI=1S/C13H15N4O4/c1-16-7-10(18)6-11(16)13-14-12(15-21-13)8-3-2-4-9(5-8)17(19)20/h2-5,10-11,18-19H,6-7H2,1H3/q-1. The van der Waals surface area contributed by atoms with Gasteiger partial charge in [-0.25, -0.2) is 0 Å². The van der Waals surface area contributed by atoms with E-state index in [1.54, 1.807) is 12.1 Å². The molecule has 0 amide bonds. The average molecular weight is 291 g/mol. The molecule has 0 radical (unpaired) electrons. The van der Waals surface area contributed by atoms with Crippen LogP contribution in [0.5, 0.6) is 0 Å². The molecule has 0 saturated carbocycles. The molecule has 2 atom stereocenters. The van der Waals surface area contributed by atoms with Crippen LogP contribution in [0, 0.1) is 5.21 Å². The number of β-amino-alcohol motifs (C(OH)–C–C–N with tert-alkyl or cyclic N) is 1. The number of hydrogen-bond acceptors (Lipinski definition) is 8. The molecule has 1 aliphatic rings. The predicted octanol–water partition coefficient (Wildman–Crippen LogP) is 1.17. The van der Waals surface area contributed by atoms with Gasteiger partial charge in [0.15, 0.2) is 0 Å². The Morgan fingerprint density at radius 3 is 2.95 bits per heavy atom. The molecule has 1 aromatic heterocycles. The number of nitrogens with zero attached hydrogens (tertiary/aromatic N) is 4. The summed E-state index contributed by atoms with van der Waals surface area (Å²) in [6.07, 6.45) is 0.144. The second kappa shape index (κ2) is 5.41. The smallest absolute Gasteiger partial charge is 0.244 e. The first-order valence-corrected chi connectivity index (χ1v) is 6.53. The Morgan fingerprint density at radius 1 is 1.48 bits per heavy atom. The minimum Gasteiger partial charge on any atom is -0.733 e. The van der Waals surface area contributed by atoms with Crippen molar-refractivity contribution in [2.75, 3.05) is 18.8 Å². The molecule has 112 valence electrons. The number of hydrogen-bond donors (Lipinski definition) is 2. The van der Waals surface area contributed by atoms with Gasteiger partial charge in [0.25, 0.3) is 0 Å². The van der Waals surface area contributed by atoms with Crippen molar-refractivity contribution < 1.29 is 14.8 Å². The number of aromatic nitrogens is 2. The number of aliphatic hydroxyl groups is 1. The lowest BCUT2D eigenvalue weighted by Crippen LogP contribution is -2.19. The highest BCUT2D eigenvalue weighted by Crippen LogP contribution is 2.31. The van der Waals surface area contributed by atoms with Crippen molar-refractivity contribution in [2.24, 2.45) is 0 Å². The quantitative estimate of drug-likeness (QED) is 0.811. The monoisotopic (exact) mass is 291 g/mol. The van der Waals surface area contributed by atoms with E-state index >= 15 is 0 Å². The third kappa shape index (κ3) is 2.74. The molecule has 2 heterocycles. The lowest BCUT2D eigenvalue weighted by atomic mass is 10.2. The molecule has 0 spiro atoms. The van der Waals surface area contributed by atoms with E-state index in [0.717, 1.165) is 0 Å². The van der Waals surface area contributed by atoms with E-state index in [-0.39, 0.29) is 17.0 Å². The molecule has 3 rings (SSSR count). The minimum absolute atomic E-state index is 0.0901. The summed E-state index contributed by atoms with van der Waals surface area (Å²) in [5.41, 5.74) is 0.658. The summed E-state index contributed by atoms with van der Waals surface area (Å²) in [5.74, 6) is 0.765. The first-order valence-electron chi connectivity index (χ1n) is 6.53. The first-order chi connectivity index (χ1) is 10.0. The Hall–Kier alpha value is -2.00. The van der Waals surface area contributed by atoms with Crippen molar-refractivity contribution in [1.82, 2.24) is 15.0 Å². The third-order valence-electron chi connectivity index (χ3n) is 3.58. The Balaban J connectivity index is 1.86. The maximum absolute atomic E-state index is 10.9. The topological polar surface area (TPSA) is 109 Å². The van der Waals surface area contributed by atoms with Gasteiger partial charge < -0.3 is 20.1 Å². The molecular formula is C13H15N4O4-. The van der Waals surface area contributed by atoms with Crippen molar-refractivity contribution in [1.29, 1.82) is 0 Å². The van der Waals surface area contributed by atoms with Crippen molar-refractivity contribution >= 4 is 5.69 Å². The molecule has 1 aliphatic heterocycles. The Labute approximate surface area is 120 Å². The van der Waals surface area contributed by atoms with Crippen LogP contribution in [0.1, 0.15) is 18.4 Å². The molecule has 8 nitrogen and oxygen atoms in total. The van der Waals surface area contributed by atoms with E-state index in [0.29, 0.717) is 30.2 Å². The van der Waals surface area contributed by atoms with Crippen LogP contribution in [0.2, 0.25) is 0 Å². The molecule has 0 aliphatic carbocycles. The van der Waals surface area contributed by atoms with Gasteiger partial charge in [0, 0.05) is 12.1 Å². The van der Waals surface area contributed by atoms with Gasteiger partial charge in [0.1, 0.15) is 0 Å². The van der Waals surface area contributed by atoms with Crippen molar-refractivity contribution in [3.63, 3.8) is 0 Å². The van der Waals surface area contributed by atoms with Gasteiger partial charge in [0.2, 0.25) is 11.7 Å². The van der Waals surface area contributed by atoms with Crippen LogP contribution in [0.3, 0.4) is 0 Å². The molecule has 1 fully saturated rings. The van der Waals surface area contributed by atoms with Gasteiger partial charge in [-0.15, -0.1) is 0 Å². The van der Waals surface area contributed by atoms with Gasteiger partial charge in [-0.2, -0.15) is 4.98 Å². The summed E-state index contributed by atoms with van der Waals surface area (Å²) >= 11 is 0. The summed E-state index contributed by atoms with van der Waals surface area (Å²) in [5, 5.41) is 33.1. The Bertz CT molecular complexity index is 630. The second-order valence-corrected chi connectivity index (χ2v) is 5.12. The third-order valence-corrected chi connectivity index (χ3v) is 3.58. The van der Waals surface area contributed by atoms with Crippen molar-refractivity contribution in [3.05, 3.63) is 35.4 Å². The van der Waals surface area contributed by atoms with E-state index < -0.39 is 6.10 Å². The summed E-state index contributed by atoms with van der Waals surface area (Å²) in [7, 11) is 1.88. The Morgan fingerprint density at radius 2 is 2.29 bits per heavy atom. The zero-order chi connectivity index (χ0) is 15.0. The highest BCUT2D eigenvalue weighted by molar-refractivity contribution is 5.62. The lowest BCUT2D eigenvalue weighted by Gasteiger charge is -2.21. The SMILES string of the molecule is CN1CC(O)CC1c1nc(-c2cccc(N([O-])O)c2)no1. The molecule has 2 unspecified atom stereocenters. The molecular weight excluding hydrogens is 276 g/mol. The average Bonchev–Trinajstić information content (AvgIpc) is 3.05. The van der Waals surface area contributed by atoms with Crippen LogP contribution in [-0.2, 0) is 0 Å². The van der Waals surface area contributed by atoms with Gasteiger partial charge in [-0.1, -0.05) is 17.3 Å². The van der Waals surface area contributed by atoms with Crippen LogP contribution in [0.4, 0.5) is 5.69 Å². The van der Waals surface area contributed by atoms with Crippen LogP contribution < -0.4 is 5.23 Å². The zero-order valence-corrected chi connectivity index (χ0v) is 11.4. The fraction of sp³-hybridized carbons (Fsp3) is 0.385. The lowest BCUT2D eigenvalue weighted by molar-refractivity contribution is 0.182. The minimum atomic E-state index is -0.401. The van der Waals surface area contributed by atoms with Crippen LogP contribution in [0.15, 0.2) is 28.8 Å². The van der Waals surface area contributed by atoms with E-state index in [1.165, 1.54) is 12.1 Å². The second-order valence-electron chi connectivity index (χ2n) is 5.12. The molecule has 2 N–H and O–H groups in total. The maximum Gasteiger partial charge on any atom is 0.244 e. The van der Waals surface area contributed by atoms with Gasteiger partial charge in [-0.05, 0) is 25.6 Å². The fourth-order valence-corrected chi connectivity index (χ4v) is 2.51. The fourth-order valence-electron chi connectivity index (χ4n) is 2.51. The summed E-state index contributed by atoms with van der Waals surface area (Å²) in [6, 6.07) is 6.16. The molecule has 1 saturated heterocycles. The number of rotatable bonds is 3. The predicted molar refractivity (Wildman–Crippen MR) is 73.4 cm³/mol. The molecule has 2 aromatic rings. The first kappa shape index (κ1) is 14.0. The highest BCUT2D eigenvalue weighted by atomic mass is 16.8. The number of anilines is 1. The van der Waals surface area contributed by atoms with E-state index in [9.17, 15) is 10.3 Å². The van der Waals surface area contributed by atoms with Crippen LogP contribution in [-0.4, -0.2) is 45.1 Å². The van der Waals surface area contributed by atoms with Crippen LogP contribution in [0.25, 0.3) is 11.4 Å². The highest BCUT2D eigenvalue weighted by Gasteiger charge is 2.33. The summed E-state index contributed by atoms with van der Waals surface area (Å²) in [6.45, 7) is 0.563. The van der Waals surface area contributed by atoms with E-state index in [2.05, 4.69) is 10.1 Å². The Kier molecular flexibility index (Phi) is 3.60. The molecule has 8 heteroatoms. The van der Waals surface area contributed by atoms with Crippen LogP contribution >= 0.6 is 0 Å². The molecule has 21 heavy (non-hydrogen) atoms. The normalized spacial score (nSPS) is 22.7. The summed E-state index contributed by atoms with van der Waals surface area (Å²) < 4.78 is 5.25. The molecule has 1 aromatic carbocycles.